The molecular weight excluding hydrogens is 342 g/mol. The minimum Gasteiger partial charge on any atom is -0.465 e. The van der Waals surface area contributed by atoms with Crippen LogP contribution in [-0.4, -0.2) is 34.7 Å². The molecule has 2 aromatic rings. The lowest BCUT2D eigenvalue weighted by atomic mass is 10.2. The summed E-state index contributed by atoms with van der Waals surface area (Å²) < 4.78 is 4.65. The average Bonchev–Trinajstić information content (AvgIpc) is 2.59. The molecule has 0 saturated heterocycles. The standard InChI is InChI=1S/C17H19N3O4S/c1-3-5-12-9-14(21)20-17(19-12)25-10-15(22)18-13-7-4-6-11(8-13)16(23)24-2/h4,6-9H,3,5,10H2,1-2H3,(H,18,22)(H,19,20,21). The van der Waals surface area contributed by atoms with Gasteiger partial charge >= 0.3 is 5.97 Å². The first kappa shape index (κ1) is 18.7. The summed E-state index contributed by atoms with van der Waals surface area (Å²) in [5.41, 5.74) is 1.33. The number of carbonyl (C=O) groups is 2. The summed E-state index contributed by atoms with van der Waals surface area (Å²) in [6.45, 7) is 2.01. The molecular formula is C17H19N3O4S. The highest BCUT2D eigenvalue weighted by Gasteiger charge is 2.09. The number of nitrogens with zero attached hydrogens (tertiary/aromatic N) is 1. The number of H-pyrrole nitrogens is 1. The topological polar surface area (TPSA) is 101 Å². The third kappa shape index (κ3) is 5.75. The van der Waals surface area contributed by atoms with Gasteiger partial charge in [0.25, 0.3) is 5.56 Å². The van der Waals surface area contributed by atoms with Crippen molar-refractivity contribution in [1.82, 2.24) is 9.97 Å². The first-order chi connectivity index (χ1) is 12.0. The van der Waals surface area contributed by atoms with Crippen molar-refractivity contribution in [3.63, 3.8) is 0 Å². The molecule has 1 amide bonds. The van der Waals surface area contributed by atoms with Crippen LogP contribution in [0.1, 0.15) is 29.4 Å². The number of nitrogens with one attached hydrogen (secondary N) is 2. The van der Waals surface area contributed by atoms with Gasteiger partial charge in [-0.2, -0.15) is 0 Å². The number of aromatic amines is 1. The second-order valence-electron chi connectivity index (χ2n) is 5.20. The molecule has 0 bridgehead atoms. The number of rotatable bonds is 7. The smallest absolute Gasteiger partial charge is 0.337 e. The van der Waals surface area contributed by atoms with E-state index < -0.39 is 5.97 Å². The van der Waals surface area contributed by atoms with E-state index in [0.29, 0.717) is 28.5 Å². The molecule has 7 nitrogen and oxygen atoms in total. The van der Waals surface area contributed by atoms with Gasteiger partial charge in [0.15, 0.2) is 5.16 Å². The van der Waals surface area contributed by atoms with Crippen molar-refractivity contribution in [2.45, 2.75) is 24.9 Å². The van der Waals surface area contributed by atoms with Gasteiger partial charge in [0.05, 0.1) is 18.4 Å². The summed E-state index contributed by atoms with van der Waals surface area (Å²) in [6.07, 6.45) is 1.60. The molecule has 1 aromatic heterocycles. The second kappa shape index (κ2) is 9.03. The molecule has 0 spiro atoms. The molecule has 8 heteroatoms. The summed E-state index contributed by atoms with van der Waals surface area (Å²) in [5.74, 6) is -0.656. The Labute approximate surface area is 149 Å². The molecule has 0 saturated carbocycles. The first-order valence-corrected chi connectivity index (χ1v) is 8.71. The third-order valence-corrected chi connectivity index (χ3v) is 4.06. The normalized spacial score (nSPS) is 10.3. The monoisotopic (exact) mass is 361 g/mol. The maximum atomic E-state index is 12.1. The maximum absolute atomic E-state index is 12.1. The van der Waals surface area contributed by atoms with E-state index in [0.717, 1.165) is 18.2 Å². The van der Waals surface area contributed by atoms with Crippen LogP contribution in [0, 0.1) is 0 Å². The fourth-order valence-electron chi connectivity index (χ4n) is 2.11. The average molecular weight is 361 g/mol. The number of methoxy groups -OCH3 is 1. The predicted molar refractivity (Wildman–Crippen MR) is 96.0 cm³/mol. The molecule has 0 unspecified atom stereocenters. The molecule has 0 fully saturated rings. The van der Waals surface area contributed by atoms with Crippen molar-refractivity contribution in [2.24, 2.45) is 0 Å². The van der Waals surface area contributed by atoms with Gasteiger partial charge in [-0.25, -0.2) is 9.78 Å². The fraction of sp³-hybridized carbons (Fsp3) is 0.294. The molecule has 2 rings (SSSR count). The van der Waals surface area contributed by atoms with Gasteiger partial charge < -0.3 is 15.0 Å². The quantitative estimate of drug-likeness (QED) is 0.446. The number of aromatic nitrogens is 2. The number of hydrogen-bond acceptors (Lipinski definition) is 6. The number of aryl methyl sites for hydroxylation is 1. The summed E-state index contributed by atoms with van der Waals surface area (Å²) >= 11 is 1.15. The Morgan fingerprint density at radius 1 is 1.32 bits per heavy atom. The van der Waals surface area contributed by atoms with E-state index in [1.165, 1.54) is 19.2 Å². The van der Waals surface area contributed by atoms with Crippen molar-refractivity contribution in [3.8, 4) is 0 Å². The minimum atomic E-state index is -0.472. The molecule has 0 aliphatic heterocycles. The van der Waals surface area contributed by atoms with Crippen LogP contribution in [0.4, 0.5) is 5.69 Å². The highest BCUT2D eigenvalue weighted by atomic mass is 32.2. The molecule has 0 atom stereocenters. The van der Waals surface area contributed by atoms with Crippen LogP contribution in [0.15, 0.2) is 40.3 Å². The zero-order valence-electron chi connectivity index (χ0n) is 14.0. The van der Waals surface area contributed by atoms with Crippen LogP contribution in [-0.2, 0) is 16.0 Å². The van der Waals surface area contributed by atoms with E-state index >= 15 is 0 Å². The van der Waals surface area contributed by atoms with Crippen molar-refractivity contribution in [3.05, 3.63) is 51.9 Å². The molecule has 1 heterocycles. The zero-order valence-corrected chi connectivity index (χ0v) is 14.8. The molecule has 1 aromatic carbocycles. The minimum absolute atomic E-state index is 0.0843. The second-order valence-corrected chi connectivity index (χ2v) is 6.17. The van der Waals surface area contributed by atoms with Gasteiger partial charge in [0.2, 0.25) is 5.91 Å². The van der Waals surface area contributed by atoms with Gasteiger partial charge in [-0.1, -0.05) is 31.2 Å². The number of ether oxygens (including phenoxy) is 1. The molecule has 25 heavy (non-hydrogen) atoms. The molecule has 0 radical (unpaired) electrons. The van der Waals surface area contributed by atoms with E-state index in [1.54, 1.807) is 18.2 Å². The zero-order chi connectivity index (χ0) is 18.2. The van der Waals surface area contributed by atoms with Crippen LogP contribution in [0.25, 0.3) is 0 Å². The number of amides is 1. The van der Waals surface area contributed by atoms with E-state index in [4.69, 9.17) is 0 Å². The molecule has 2 N–H and O–H groups in total. The summed E-state index contributed by atoms with van der Waals surface area (Å²) in [4.78, 5) is 42.1. The lowest BCUT2D eigenvalue weighted by Crippen LogP contribution is -2.16. The Kier molecular flexibility index (Phi) is 6.76. The van der Waals surface area contributed by atoms with Crippen LogP contribution in [0.5, 0.6) is 0 Å². The highest BCUT2D eigenvalue weighted by molar-refractivity contribution is 7.99. The Morgan fingerprint density at radius 2 is 2.12 bits per heavy atom. The molecule has 0 aliphatic carbocycles. The van der Waals surface area contributed by atoms with Gasteiger partial charge in [-0.15, -0.1) is 0 Å². The van der Waals surface area contributed by atoms with Crippen LogP contribution in [0.2, 0.25) is 0 Å². The van der Waals surface area contributed by atoms with E-state index in [-0.39, 0.29) is 17.2 Å². The van der Waals surface area contributed by atoms with Crippen molar-refractivity contribution in [2.75, 3.05) is 18.2 Å². The van der Waals surface area contributed by atoms with Gasteiger partial charge in [-0.3, -0.25) is 9.59 Å². The van der Waals surface area contributed by atoms with Gasteiger partial charge in [0.1, 0.15) is 0 Å². The summed E-state index contributed by atoms with van der Waals surface area (Å²) in [5, 5.41) is 3.11. The Balaban J connectivity index is 1.97. The van der Waals surface area contributed by atoms with Crippen LogP contribution >= 0.6 is 11.8 Å². The number of carbonyl (C=O) groups excluding carboxylic acids is 2. The van der Waals surface area contributed by atoms with Gasteiger partial charge in [-0.05, 0) is 24.6 Å². The molecule has 132 valence electrons. The van der Waals surface area contributed by atoms with E-state index in [1.807, 2.05) is 6.92 Å². The van der Waals surface area contributed by atoms with Gasteiger partial charge in [0, 0.05) is 17.4 Å². The number of thioether (sulfide) groups is 1. The lowest BCUT2D eigenvalue weighted by Gasteiger charge is -2.07. The van der Waals surface area contributed by atoms with Crippen LogP contribution < -0.4 is 10.9 Å². The number of benzene rings is 1. The largest absolute Gasteiger partial charge is 0.465 e. The number of hydrogen-bond donors (Lipinski definition) is 2. The fourth-order valence-corrected chi connectivity index (χ4v) is 2.80. The predicted octanol–water partition coefficient (Wildman–Crippen LogP) is 2.24. The Bertz CT molecular complexity index is 820. The SMILES string of the molecule is CCCc1cc(=O)[nH]c(SCC(=O)Nc2cccc(C(=O)OC)c2)n1. The summed E-state index contributed by atoms with van der Waals surface area (Å²) in [6, 6.07) is 7.94. The van der Waals surface area contributed by atoms with E-state index in [9.17, 15) is 14.4 Å². The number of esters is 1. The third-order valence-electron chi connectivity index (χ3n) is 3.19. The highest BCUT2D eigenvalue weighted by Crippen LogP contribution is 2.15. The van der Waals surface area contributed by atoms with Crippen molar-refractivity contribution < 1.29 is 14.3 Å². The summed E-state index contributed by atoms with van der Waals surface area (Å²) in [7, 11) is 1.30. The molecule has 0 aliphatic rings. The maximum Gasteiger partial charge on any atom is 0.337 e. The van der Waals surface area contributed by atoms with E-state index in [2.05, 4.69) is 20.0 Å². The van der Waals surface area contributed by atoms with Crippen LogP contribution in [0.3, 0.4) is 0 Å². The number of anilines is 1. The Morgan fingerprint density at radius 3 is 2.84 bits per heavy atom. The Hall–Kier alpha value is -2.61. The van der Waals surface area contributed by atoms with Crippen molar-refractivity contribution >= 4 is 29.3 Å². The lowest BCUT2D eigenvalue weighted by molar-refractivity contribution is -0.113. The first-order valence-electron chi connectivity index (χ1n) is 7.73. The van der Waals surface area contributed by atoms with Crippen molar-refractivity contribution in [1.29, 1.82) is 0 Å².